The molecule has 1 saturated heterocycles. The smallest absolute Gasteiger partial charge is 0.254 e. The zero-order chi connectivity index (χ0) is 14.0. The molecular weight excluding hydrogens is 340 g/mol. The molecule has 1 heterocycles. The minimum atomic E-state index is 0. The number of rotatable bonds is 2. The molecule has 2 N–H and O–H groups in total. The van der Waals surface area contributed by atoms with Gasteiger partial charge in [-0.3, -0.25) is 4.79 Å². The highest BCUT2D eigenvalue weighted by Gasteiger charge is 2.30. The van der Waals surface area contributed by atoms with Gasteiger partial charge in [-0.05, 0) is 43.4 Å². The molecule has 0 saturated carbocycles. The van der Waals surface area contributed by atoms with Crippen LogP contribution < -0.4 is 5.73 Å². The number of nitrogens with two attached hydrogens (primary N) is 1. The van der Waals surface area contributed by atoms with E-state index in [9.17, 15) is 4.79 Å². The van der Waals surface area contributed by atoms with Gasteiger partial charge in [0.15, 0.2) is 0 Å². The van der Waals surface area contributed by atoms with Gasteiger partial charge in [-0.15, -0.1) is 12.4 Å². The Morgan fingerprint density at radius 2 is 2.20 bits per heavy atom. The van der Waals surface area contributed by atoms with E-state index >= 15 is 0 Å². The summed E-state index contributed by atoms with van der Waals surface area (Å²) in [7, 11) is 0. The number of halogens is 2. The van der Waals surface area contributed by atoms with Crippen molar-refractivity contribution < 1.29 is 4.79 Å². The molecular formula is C15H22BrClN2O. The molecule has 0 bridgehead atoms. The first-order valence-corrected chi connectivity index (χ1v) is 7.59. The van der Waals surface area contributed by atoms with Crippen molar-refractivity contribution in [2.45, 2.75) is 32.7 Å². The first-order valence-electron chi connectivity index (χ1n) is 6.80. The highest BCUT2D eigenvalue weighted by Crippen LogP contribution is 2.25. The third kappa shape index (κ3) is 3.74. The van der Waals surface area contributed by atoms with Crippen LogP contribution in [0.25, 0.3) is 0 Å². The van der Waals surface area contributed by atoms with Crippen molar-refractivity contribution in [1.82, 2.24) is 4.90 Å². The maximum atomic E-state index is 12.7. The Hall–Kier alpha value is -0.580. The number of likely N-dealkylation sites (tertiary alicyclic amines) is 1. The number of nitrogens with zero attached hydrogens (tertiary/aromatic N) is 1. The van der Waals surface area contributed by atoms with Gasteiger partial charge < -0.3 is 10.6 Å². The molecule has 1 aliphatic heterocycles. The van der Waals surface area contributed by atoms with Gasteiger partial charge in [-0.1, -0.05) is 28.9 Å². The summed E-state index contributed by atoms with van der Waals surface area (Å²) in [5.74, 6) is 0.766. The first kappa shape index (κ1) is 17.5. The number of carbonyl (C=O) groups is 1. The molecule has 1 fully saturated rings. The summed E-state index contributed by atoms with van der Waals surface area (Å²) >= 11 is 3.43. The van der Waals surface area contributed by atoms with E-state index < -0.39 is 0 Å². The fourth-order valence-corrected chi connectivity index (χ4v) is 3.08. The monoisotopic (exact) mass is 360 g/mol. The lowest BCUT2D eigenvalue weighted by molar-refractivity contribution is 0.0573. The van der Waals surface area contributed by atoms with Crippen molar-refractivity contribution >= 4 is 34.2 Å². The number of benzene rings is 1. The van der Waals surface area contributed by atoms with Gasteiger partial charge in [-0.2, -0.15) is 0 Å². The fourth-order valence-electron chi connectivity index (χ4n) is 2.72. The Morgan fingerprint density at radius 3 is 2.85 bits per heavy atom. The quantitative estimate of drug-likeness (QED) is 0.878. The molecule has 2 unspecified atom stereocenters. The zero-order valence-electron chi connectivity index (χ0n) is 11.9. The third-order valence-electron chi connectivity index (χ3n) is 3.94. The molecule has 1 aromatic rings. The van der Waals surface area contributed by atoms with E-state index in [1.54, 1.807) is 0 Å². The maximum absolute atomic E-state index is 12.7. The summed E-state index contributed by atoms with van der Waals surface area (Å²) in [5, 5.41) is 0. The van der Waals surface area contributed by atoms with Crippen molar-refractivity contribution in [3.8, 4) is 0 Å². The second-order valence-electron chi connectivity index (χ2n) is 5.48. The Labute approximate surface area is 135 Å². The van der Waals surface area contributed by atoms with Crippen LogP contribution in [0.15, 0.2) is 22.7 Å². The molecule has 2 rings (SSSR count). The van der Waals surface area contributed by atoms with Crippen LogP contribution >= 0.6 is 28.3 Å². The molecule has 20 heavy (non-hydrogen) atoms. The molecule has 0 aromatic heterocycles. The average Bonchev–Trinajstić information content (AvgIpc) is 2.40. The van der Waals surface area contributed by atoms with Gasteiger partial charge in [-0.25, -0.2) is 0 Å². The van der Waals surface area contributed by atoms with Gasteiger partial charge in [0.05, 0.1) is 0 Å². The molecule has 1 amide bonds. The highest BCUT2D eigenvalue weighted by molar-refractivity contribution is 9.10. The number of carbonyl (C=O) groups excluding carboxylic acids is 1. The van der Waals surface area contributed by atoms with Crippen LogP contribution in [0.2, 0.25) is 0 Å². The second kappa shape index (κ2) is 7.43. The van der Waals surface area contributed by atoms with E-state index in [1.807, 2.05) is 30.0 Å². The summed E-state index contributed by atoms with van der Waals surface area (Å²) in [6.45, 7) is 5.56. The SMILES string of the molecule is Cc1ccc(Br)cc1C(=O)N1CCC(C)CC1CN.Cl. The van der Waals surface area contributed by atoms with Crippen LogP contribution in [-0.4, -0.2) is 29.9 Å². The summed E-state index contributed by atoms with van der Waals surface area (Å²) < 4.78 is 0.941. The normalized spacial score (nSPS) is 22.3. The van der Waals surface area contributed by atoms with Gasteiger partial charge in [0.2, 0.25) is 0 Å². The van der Waals surface area contributed by atoms with Gasteiger partial charge in [0, 0.05) is 29.2 Å². The summed E-state index contributed by atoms with van der Waals surface area (Å²) in [6.07, 6.45) is 2.07. The standard InChI is InChI=1S/C15H21BrN2O.ClH/c1-10-5-6-18(13(7-10)9-17)15(19)14-8-12(16)4-3-11(14)2;/h3-4,8,10,13H,5-7,9,17H2,1-2H3;1H. The lowest BCUT2D eigenvalue weighted by atomic mass is 9.91. The molecule has 1 aliphatic rings. The topological polar surface area (TPSA) is 46.3 Å². The third-order valence-corrected chi connectivity index (χ3v) is 4.43. The van der Waals surface area contributed by atoms with Crippen molar-refractivity contribution in [1.29, 1.82) is 0 Å². The molecule has 5 heteroatoms. The lowest BCUT2D eigenvalue weighted by Gasteiger charge is -2.38. The van der Waals surface area contributed by atoms with E-state index in [0.29, 0.717) is 12.5 Å². The number of amides is 1. The fraction of sp³-hybridized carbons (Fsp3) is 0.533. The van der Waals surface area contributed by atoms with Crippen molar-refractivity contribution in [3.05, 3.63) is 33.8 Å². The van der Waals surface area contributed by atoms with Crippen molar-refractivity contribution in [2.75, 3.05) is 13.1 Å². The van der Waals surface area contributed by atoms with E-state index in [4.69, 9.17) is 5.73 Å². The van der Waals surface area contributed by atoms with Gasteiger partial charge in [0.1, 0.15) is 0 Å². The van der Waals surface area contributed by atoms with Crippen molar-refractivity contribution in [3.63, 3.8) is 0 Å². The molecule has 112 valence electrons. The van der Waals surface area contributed by atoms with Crippen LogP contribution in [0.4, 0.5) is 0 Å². The molecule has 0 spiro atoms. The van der Waals surface area contributed by atoms with E-state index in [-0.39, 0.29) is 24.4 Å². The van der Waals surface area contributed by atoms with Crippen LogP contribution in [0.5, 0.6) is 0 Å². The van der Waals surface area contributed by atoms with E-state index in [1.165, 1.54) is 0 Å². The molecule has 0 radical (unpaired) electrons. The summed E-state index contributed by atoms with van der Waals surface area (Å²) in [6, 6.07) is 6.02. The van der Waals surface area contributed by atoms with Crippen molar-refractivity contribution in [2.24, 2.45) is 11.7 Å². The van der Waals surface area contributed by atoms with Crippen LogP contribution in [-0.2, 0) is 0 Å². The molecule has 0 aliphatic carbocycles. The molecule has 2 atom stereocenters. The van der Waals surface area contributed by atoms with Gasteiger partial charge >= 0.3 is 0 Å². The zero-order valence-corrected chi connectivity index (χ0v) is 14.3. The summed E-state index contributed by atoms with van der Waals surface area (Å²) in [5.41, 5.74) is 7.63. The number of hydrogen-bond acceptors (Lipinski definition) is 2. The summed E-state index contributed by atoms with van der Waals surface area (Å²) in [4.78, 5) is 14.7. The minimum Gasteiger partial charge on any atom is -0.334 e. The Kier molecular flexibility index (Phi) is 6.49. The van der Waals surface area contributed by atoms with Crippen LogP contribution in [0.3, 0.4) is 0 Å². The van der Waals surface area contributed by atoms with Crippen LogP contribution in [0, 0.1) is 12.8 Å². The Morgan fingerprint density at radius 1 is 1.50 bits per heavy atom. The minimum absolute atomic E-state index is 0. The molecule has 1 aromatic carbocycles. The predicted octanol–water partition coefficient (Wildman–Crippen LogP) is 3.38. The lowest BCUT2D eigenvalue weighted by Crippen LogP contribution is -2.49. The molecule has 3 nitrogen and oxygen atoms in total. The van der Waals surface area contributed by atoms with E-state index in [0.717, 1.165) is 35.0 Å². The van der Waals surface area contributed by atoms with Gasteiger partial charge in [0.25, 0.3) is 5.91 Å². The predicted molar refractivity (Wildman–Crippen MR) is 88.4 cm³/mol. The second-order valence-corrected chi connectivity index (χ2v) is 6.39. The first-order chi connectivity index (χ1) is 9.02. The highest BCUT2D eigenvalue weighted by atomic mass is 79.9. The Bertz CT molecular complexity index is 481. The maximum Gasteiger partial charge on any atom is 0.254 e. The number of piperidine rings is 1. The van der Waals surface area contributed by atoms with Crippen LogP contribution in [0.1, 0.15) is 35.7 Å². The number of aryl methyl sites for hydroxylation is 1. The van der Waals surface area contributed by atoms with E-state index in [2.05, 4.69) is 22.9 Å². The largest absolute Gasteiger partial charge is 0.334 e. The average molecular weight is 362 g/mol. The Balaban J connectivity index is 0.00000200. The number of hydrogen-bond donors (Lipinski definition) is 1.